The lowest BCUT2D eigenvalue weighted by Gasteiger charge is -2.08. The number of carbonyl (C=O) groups is 1. The third-order valence-electron chi connectivity index (χ3n) is 3.68. The Hall–Kier alpha value is -2.35. The maximum atomic E-state index is 12.4. The molecule has 0 radical (unpaired) electrons. The van der Waals surface area contributed by atoms with Crippen molar-refractivity contribution in [3.63, 3.8) is 0 Å². The Morgan fingerprint density at radius 3 is 2.44 bits per heavy atom. The molecule has 140 valence electrons. The van der Waals surface area contributed by atoms with Gasteiger partial charge in [0.05, 0.1) is 29.8 Å². The largest absolute Gasteiger partial charge is 0.493 e. The standard InChI is InChI=1S/C18H15Cl2N3O3S/c1-25-13-7-6-10(8-14(13)26-2)9-15-22-23-18(27-15)21-17(24)16-11(19)4-3-5-12(16)20/h3-8H,9H2,1-2H3,(H,21,23,24). The predicted molar refractivity (Wildman–Crippen MR) is 107 cm³/mol. The van der Waals surface area contributed by atoms with Gasteiger partial charge in [-0.05, 0) is 29.8 Å². The Labute approximate surface area is 170 Å². The Bertz CT molecular complexity index is 958. The molecule has 1 N–H and O–H groups in total. The third-order valence-corrected chi connectivity index (χ3v) is 5.15. The molecule has 0 atom stereocenters. The molecular formula is C18H15Cl2N3O3S. The van der Waals surface area contributed by atoms with Crippen molar-refractivity contribution in [2.45, 2.75) is 6.42 Å². The molecule has 0 spiro atoms. The van der Waals surface area contributed by atoms with E-state index in [1.165, 1.54) is 11.3 Å². The molecule has 27 heavy (non-hydrogen) atoms. The lowest BCUT2D eigenvalue weighted by molar-refractivity contribution is 0.102. The second kappa shape index (κ2) is 8.56. The third kappa shape index (κ3) is 4.50. The van der Waals surface area contributed by atoms with Crippen molar-refractivity contribution in [2.75, 3.05) is 19.5 Å². The van der Waals surface area contributed by atoms with Gasteiger partial charge in [-0.3, -0.25) is 10.1 Å². The van der Waals surface area contributed by atoms with Crippen LogP contribution in [0.3, 0.4) is 0 Å². The first-order valence-corrected chi connectivity index (χ1v) is 9.37. The van der Waals surface area contributed by atoms with Gasteiger partial charge >= 0.3 is 0 Å². The summed E-state index contributed by atoms with van der Waals surface area (Å²) in [6, 6.07) is 10.5. The number of benzene rings is 2. The number of aromatic nitrogens is 2. The summed E-state index contributed by atoms with van der Waals surface area (Å²) in [6.07, 6.45) is 0.542. The zero-order valence-corrected chi connectivity index (χ0v) is 16.8. The number of carbonyl (C=O) groups excluding carboxylic acids is 1. The molecule has 2 aromatic carbocycles. The second-order valence-electron chi connectivity index (χ2n) is 5.42. The number of rotatable bonds is 6. The molecule has 0 aliphatic carbocycles. The smallest absolute Gasteiger partial charge is 0.260 e. The van der Waals surface area contributed by atoms with Crippen LogP contribution in [-0.4, -0.2) is 30.3 Å². The minimum atomic E-state index is -0.431. The van der Waals surface area contributed by atoms with E-state index in [0.29, 0.717) is 23.1 Å². The van der Waals surface area contributed by atoms with E-state index in [0.717, 1.165) is 10.6 Å². The molecule has 9 heteroatoms. The van der Waals surface area contributed by atoms with Crippen LogP contribution < -0.4 is 14.8 Å². The molecule has 1 heterocycles. The highest BCUT2D eigenvalue weighted by Crippen LogP contribution is 2.30. The van der Waals surface area contributed by atoms with Crippen molar-refractivity contribution in [2.24, 2.45) is 0 Å². The summed E-state index contributed by atoms with van der Waals surface area (Å²) in [4.78, 5) is 12.4. The van der Waals surface area contributed by atoms with Crippen LogP contribution in [-0.2, 0) is 6.42 Å². The predicted octanol–water partition coefficient (Wildman–Crippen LogP) is 4.71. The zero-order valence-electron chi connectivity index (χ0n) is 14.5. The number of halogens is 2. The lowest BCUT2D eigenvalue weighted by Crippen LogP contribution is -2.12. The number of ether oxygens (including phenoxy) is 2. The van der Waals surface area contributed by atoms with Crippen LogP contribution in [0, 0.1) is 0 Å². The van der Waals surface area contributed by atoms with E-state index in [9.17, 15) is 4.79 Å². The number of amides is 1. The number of methoxy groups -OCH3 is 2. The van der Waals surface area contributed by atoms with Crippen molar-refractivity contribution >= 4 is 45.6 Å². The molecule has 6 nitrogen and oxygen atoms in total. The van der Waals surface area contributed by atoms with E-state index in [1.807, 2.05) is 18.2 Å². The highest BCUT2D eigenvalue weighted by Gasteiger charge is 2.17. The SMILES string of the molecule is COc1ccc(Cc2nnc(NC(=O)c3c(Cl)cccc3Cl)s2)cc1OC. The van der Waals surface area contributed by atoms with Crippen LogP contribution in [0.4, 0.5) is 5.13 Å². The number of nitrogens with zero attached hydrogens (tertiary/aromatic N) is 2. The number of anilines is 1. The minimum Gasteiger partial charge on any atom is -0.493 e. The summed E-state index contributed by atoms with van der Waals surface area (Å²) in [5.74, 6) is 0.865. The van der Waals surface area contributed by atoms with Crippen LogP contribution in [0.5, 0.6) is 11.5 Å². The minimum absolute atomic E-state index is 0.206. The fourth-order valence-corrected chi connectivity index (χ4v) is 3.75. The molecule has 3 rings (SSSR count). The van der Waals surface area contributed by atoms with Gasteiger partial charge in [-0.15, -0.1) is 10.2 Å². The van der Waals surface area contributed by atoms with Crippen LogP contribution in [0.2, 0.25) is 10.0 Å². The van der Waals surface area contributed by atoms with Gasteiger partial charge in [0.25, 0.3) is 5.91 Å². The fraction of sp³-hybridized carbons (Fsp3) is 0.167. The average molecular weight is 424 g/mol. The first kappa shape index (κ1) is 19.4. The van der Waals surface area contributed by atoms with Crippen molar-refractivity contribution in [1.82, 2.24) is 10.2 Å². The molecule has 0 saturated heterocycles. The Morgan fingerprint density at radius 2 is 1.78 bits per heavy atom. The molecular weight excluding hydrogens is 409 g/mol. The van der Waals surface area contributed by atoms with Crippen LogP contribution in [0.1, 0.15) is 20.9 Å². The van der Waals surface area contributed by atoms with Crippen molar-refractivity contribution in [3.8, 4) is 11.5 Å². The molecule has 3 aromatic rings. The summed E-state index contributed by atoms with van der Waals surface area (Å²) >= 11 is 13.4. The van der Waals surface area contributed by atoms with E-state index in [-0.39, 0.29) is 15.6 Å². The summed E-state index contributed by atoms with van der Waals surface area (Å²) in [5.41, 5.74) is 1.19. The molecule has 0 bridgehead atoms. The summed E-state index contributed by atoms with van der Waals surface area (Å²) in [5, 5.41) is 12.5. The van der Waals surface area contributed by atoms with Gasteiger partial charge in [-0.2, -0.15) is 0 Å². The van der Waals surface area contributed by atoms with Gasteiger partial charge < -0.3 is 9.47 Å². The molecule has 1 aromatic heterocycles. The number of hydrogen-bond acceptors (Lipinski definition) is 6. The molecule has 0 aliphatic heterocycles. The second-order valence-corrected chi connectivity index (χ2v) is 7.29. The normalized spacial score (nSPS) is 10.5. The maximum absolute atomic E-state index is 12.4. The van der Waals surface area contributed by atoms with E-state index < -0.39 is 5.91 Å². The van der Waals surface area contributed by atoms with Gasteiger partial charge in [0.15, 0.2) is 11.5 Å². The van der Waals surface area contributed by atoms with Crippen LogP contribution in [0.15, 0.2) is 36.4 Å². The van der Waals surface area contributed by atoms with Crippen LogP contribution >= 0.6 is 34.5 Å². The van der Waals surface area contributed by atoms with Crippen molar-refractivity contribution < 1.29 is 14.3 Å². The van der Waals surface area contributed by atoms with E-state index in [1.54, 1.807) is 32.4 Å². The first-order valence-electron chi connectivity index (χ1n) is 7.80. The fourth-order valence-electron chi connectivity index (χ4n) is 2.42. The Kier molecular flexibility index (Phi) is 6.15. The molecule has 0 fully saturated rings. The Balaban J connectivity index is 1.73. The monoisotopic (exact) mass is 423 g/mol. The van der Waals surface area contributed by atoms with Crippen molar-refractivity contribution in [1.29, 1.82) is 0 Å². The molecule has 1 amide bonds. The molecule has 0 saturated carbocycles. The number of hydrogen-bond donors (Lipinski definition) is 1. The lowest BCUT2D eigenvalue weighted by atomic mass is 10.1. The average Bonchev–Trinajstić information content (AvgIpc) is 3.08. The highest BCUT2D eigenvalue weighted by atomic mass is 35.5. The summed E-state index contributed by atoms with van der Waals surface area (Å²) in [7, 11) is 3.17. The Morgan fingerprint density at radius 1 is 1.07 bits per heavy atom. The highest BCUT2D eigenvalue weighted by molar-refractivity contribution is 7.15. The van der Waals surface area contributed by atoms with E-state index in [2.05, 4.69) is 15.5 Å². The van der Waals surface area contributed by atoms with E-state index in [4.69, 9.17) is 32.7 Å². The van der Waals surface area contributed by atoms with Crippen LogP contribution in [0.25, 0.3) is 0 Å². The van der Waals surface area contributed by atoms with Crippen molar-refractivity contribution in [3.05, 3.63) is 62.6 Å². The van der Waals surface area contributed by atoms with Gasteiger partial charge in [0, 0.05) is 6.42 Å². The molecule has 0 unspecified atom stereocenters. The first-order chi connectivity index (χ1) is 13.0. The van der Waals surface area contributed by atoms with Gasteiger partial charge in [0.2, 0.25) is 5.13 Å². The summed E-state index contributed by atoms with van der Waals surface area (Å²) in [6.45, 7) is 0. The van der Waals surface area contributed by atoms with E-state index >= 15 is 0 Å². The van der Waals surface area contributed by atoms with Gasteiger partial charge in [-0.25, -0.2) is 0 Å². The maximum Gasteiger partial charge on any atom is 0.260 e. The topological polar surface area (TPSA) is 73.3 Å². The number of nitrogens with one attached hydrogen (secondary N) is 1. The zero-order chi connectivity index (χ0) is 19.4. The van der Waals surface area contributed by atoms with Gasteiger partial charge in [-0.1, -0.05) is 46.7 Å². The quantitative estimate of drug-likeness (QED) is 0.621. The summed E-state index contributed by atoms with van der Waals surface area (Å²) < 4.78 is 10.5. The van der Waals surface area contributed by atoms with Gasteiger partial charge in [0.1, 0.15) is 5.01 Å². The molecule has 0 aliphatic rings.